The quantitative estimate of drug-likeness (QED) is 0.814. The number of nitrogens with one attached hydrogen (secondary N) is 1. The maximum absolute atomic E-state index is 13.0. The van der Waals surface area contributed by atoms with Gasteiger partial charge >= 0.3 is 0 Å². The second-order valence-corrected chi connectivity index (χ2v) is 6.31. The molecule has 1 N–H and O–H groups in total. The molecule has 0 aliphatic carbocycles. The number of amides is 2. The molecule has 1 aromatic carbocycles. The van der Waals surface area contributed by atoms with Gasteiger partial charge in [0, 0.05) is 37.9 Å². The Morgan fingerprint density at radius 2 is 2.12 bits per heavy atom. The summed E-state index contributed by atoms with van der Waals surface area (Å²) in [5.41, 5.74) is 1.73. The molecule has 1 fully saturated rings. The molecule has 0 spiro atoms. The highest BCUT2D eigenvalue weighted by molar-refractivity contribution is 6.00. The zero-order valence-corrected chi connectivity index (χ0v) is 14.1. The van der Waals surface area contributed by atoms with Crippen LogP contribution in [-0.2, 0) is 16.1 Å². The lowest BCUT2D eigenvalue weighted by atomic mass is 10.1. The van der Waals surface area contributed by atoms with Gasteiger partial charge in [0.25, 0.3) is 0 Å². The van der Waals surface area contributed by atoms with E-state index in [-0.39, 0.29) is 30.0 Å². The summed E-state index contributed by atoms with van der Waals surface area (Å²) in [7, 11) is 0. The van der Waals surface area contributed by atoms with Gasteiger partial charge in [-0.1, -0.05) is 0 Å². The number of aryl methyl sites for hydroxylation is 2. The molecule has 132 valence electrons. The molecule has 1 atom stereocenters. The van der Waals surface area contributed by atoms with Crippen LogP contribution < -0.4 is 10.2 Å². The summed E-state index contributed by atoms with van der Waals surface area (Å²) in [6.07, 6.45) is 4.71. The maximum Gasteiger partial charge on any atom is 0.227 e. The molecule has 2 aromatic rings. The van der Waals surface area contributed by atoms with Crippen LogP contribution in [0.5, 0.6) is 0 Å². The van der Waals surface area contributed by atoms with E-state index in [9.17, 15) is 14.0 Å². The van der Waals surface area contributed by atoms with Crippen molar-refractivity contribution in [1.29, 1.82) is 0 Å². The van der Waals surface area contributed by atoms with Gasteiger partial charge < -0.3 is 10.2 Å². The molecule has 25 heavy (non-hydrogen) atoms. The minimum Gasteiger partial charge on any atom is -0.356 e. The van der Waals surface area contributed by atoms with Gasteiger partial charge in [-0.15, -0.1) is 0 Å². The van der Waals surface area contributed by atoms with Crippen LogP contribution in [0.25, 0.3) is 0 Å². The normalized spacial score (nSPS) is 17.1. The number of hydrogen-bond acceptors (Lipinski definition) is 3. The van der Waals surface area contributed by atoms with Gasteiger partial charge in [0.15, 0.2) is 0 Å². The van der Waals surface area contributed by atoms with Crippen LogP contribution in [0.2, 0.25) is 0 Å². The fraction of sp³-hybridized carbons (Fsp3) is 0.389. The molecule has 1 aliphatic rings. The Labute approximate surface area is 145 Å². The van der Waals surface area contributed by atoms with Crippen molar-refractivity contribution in [2.24, 2.45) is 5.92 Å². The molecule has 1 unspecified atom stereocenters. The zero-order chi connectivity index (χ0) is 17.8. The number of benzene rings is 1. The van der Waals surface area contributed by atoms with E-state index in [1.165, 1.54) is 17.0 Å². The van der Waals surface area contributed by atoms with Gasteiger partial charge in [0.2, 0.25) is 11.8 Å². The van der Waals surface area contributed by atoms with E-state index in [0.29, 0.717) is 18.8 Å². The highest BCUT2D eigenvalue weighted by Crippen LogP contribution is 2.25. The molecule has 6 nitrogen and oxygen atoms in total. The summed E-state index contributed by atoms with van der Waals surface area (Å²) in [5.74, 6) is -0.949. The molecule has 0 radical (unpaired) electrons. The van der Waals surface area contributed by atoms with Crippen molar-refractivity contribution >= 4 is 17.5 Å². The molecule has 3 rings (SSSR count). The van der Waals surface area contributed by atoms with E-state index in [1.807, 2.05) is 17.8 Å². The lowest BCUT2D eigenvalue weighted by Gasteiger charge is -2.16. The van der Waals surface area contributed by atoms with Gasteiger partial charge in [0.1, 0.15) is 5.82 Å². The van der Waals surface area contributed by atoms with Gasteiger partial charge in [-0.2, -0.15) is 5.10 Å². The standard InChI is InChI=1S/C18H21FN4O2/c1-13-10-21-22(11-13)8-2-7-20-18(25)14-9-17(24)23(12-14)16-5-3-15(19)4-6-16/h3-6,10-11,14H,2,7-9,12H2,1H3,(H,20,25). The van der Waals surface area contributed by atoms with Gasteiger partial charge in [-0.05, 0) is 43.2 Å². The first kappa shape index (κ1) is 17.1. The second-order valence-electron chi connectivity index (χ2n) is 6.31. The number of hydrogen-bond donors (Lipinski definition) is 1. The van der Waals surface area contributed by atoms with E-state index in [0.717, 1.165) is 18.5 Å². The van der Waals surface area contributed by atoms with Crippen molar-refractivity contribution < 1.29 is 14.0 Å². The minimum atomic E-state index is -0.371. The Kier molecular flexibility index (Phi) is 5.11. The predicted octanol–water partition coefficient (Wildman–Crippen LogP) is 1.89. The number of nitrogens with zero attached hydrogens (tertiary/aromatic N) is 3. The second kappa shape index (κ2) is 7.46. The number of aromatic nitrogens is 2. The number of carbonyl (C=O) groups excluding carboxylic acids is 2. The molecule has 2 amide bonds. The van der Waals surface area contributed by atoms with Crippen LogP contribution in [-0.4, -0.2) is 34.7 Å². The Morgan fingerprint density at radius 1 is 1.36 bits per heavy atom. The largest absolute Gasteiger partial charge is 0.356 e. The van der Waals surface area contributed by atoms with Crippen molar-refractivity contribution in [2.45, 2.75) is 26.3 Å². The summed E-state index contributed by atoms with van der Waals surface area (Å²) >= 11 is 0. The summed E-state index contributed by atoms with van der Waals surface area (Å²) < 4.78 is 14.8. The van der Waals surface area contributed by atoms with Crippen molar-refractivity contribution in [1.82, 2.24) is 15.1 Å². The van der Waals surface area contributed by atoms with Crippen molar-refractivity contribution in [3.8, 4) is 0 Å². The summed E-state index contributed by atoms with van der Waals surface area (Å²) in [4.78, 5) is 25.9. The SMILES string of the molecule is Cc1cnn(CCCNC(=O)C2CC(=O)N(c3ccc(F)cc3)C2)c1. The fourth-order valence-electron chi connectivity index (χ4n) is 2.94. The molecular weight excluding hydrogens is 323 g/mol. The van der Waals surface area contributed by atoms with E-state index in [2.05, 4.69) is 10.4 Å². The number of halogens is 1. The lowest BCUT2D eigenvalue weighted by molar-refractivity contribution is -0.126. The van der Waals surface area contributed by atoms with E-state index in [1.54, 1.807) is 18.3 Å². The highest BCUT2D eigenvalue weighted by Gasteiger charge is 2.34. The van der Waals surface area contributed by atoms with Crippen LogP contribution in [0, 0.1) is 18.7 Å². The summed E-state index contributed by atoms with van der Waals surface area (Å²) in [6.45, 7) is 3.59. The first-order valence-electron chi connectivity index (χ1n) is 8.35. The van der Waals surface area contributed by atoms with Crippen molar-refractivity contribution in [3.05, 3.63) is 48.0 Å². The van der Waals surface area contributed by atoms with Crippen molar-refractivity contribution in [3.63, 3.8) is 0 Å². The average Bonchev–Trinajstić information content (AvgIpc) is 3.18. The van der Waals surface area contributed by atoms with E-state index >= 15 is 0 Å². The Bertz CT molecular complexity index is 757. The lowest BCUT2D eigenvalue weighted by Crippen LogP contribution is -2.33. The van der Waals surface area contributed by atoms with Gasteiger partial charge in [-0.3, -0.25) is 14.3 Å². The summed E-state index contributed by atoms with van der Waals surface area (Å²) in [5, 5.41) is 7.08. The Hall–Kier alpha value is -2.70. The minimum absolute atomic E-state index is 0.112. The molecule has 0 bridgehead atoms. The molecule has 1 aromatic heterocycles. The third kappa shape index (κ3) is 4.23. The number of carbonyl (C=O) groups is 2. The molecule has 7 heteroatoms. The third-order valence-corrected chi connectivity index (χ3v) is 4.26. The molecule has 1 aliphatic heterocycles. The number of rotatable bonds is 6. The fourth-order valence-corrected chi connectivity index (χ4v) is 2.94. The molecule has 0 saturated carbocycles. The topological polar surface area (TPSA) is 67.2 Å². The zero-order valence-electron chi connectivity index (χ0n) is 14.1. The molecule has 2 heterocycles. The van der Waals surface area contributed by atoms with Crippen LogP contribution in [0.3, 0.4) is 0 Å². The van der Waals surface area contributed by atoms with Crippen LogP contribution in [0.4, 0.5) is 10.1 Å². The van der Waals surface area contributed by atoms with Gasteiger partial charge in [0.05, 0.1) is 12.1 Å². The maximum atomic E-state index is 13.0. The molecular formula is C18H21FN4O2. The van der Waals surface area contributed by atoms with Gasteiger partial charge in [-0.25, -0.2) is 4.39 Å². The third-order valence-electron chi connectivity index (χ3n) is 4.26. The molecule has 1 saturated heterocycles. The monoisotopic (exact) mass is 344 g/mol. The Balaban J connectivity index is 1.46. The smallest absolute Gasteiger partial charge is 0.227 e. The van der Waals surface area contributed by atoms with Crippen LogP contribution in [0.15, 0.2) is 36.7 Å². The first-order chi connectivity index (χ1) is 12.0. The van der Waals surface area contributed by atoms with Crippen LogP contribution >= 0.6 is 0 Å². The predicted molar refractivity (Wildman–Crippen MR) is 91.5 cm³/mol. The van der Waals surface area contributed by atoms with Crippen molar-refractivity contribution in [2.75, 3.05) is 18.0 Å². The highest BCUT2D eigenvalue weighted by atomic mass is 19.1. The van der Waals surface area contributed by atoms with E-state index < -0.39 is 0 Å². The Morgan fingerprint density at radius 3 is 2.80 bits per heavy atom. The first-order valence-corrected chi connectivity index (χ1v) is 8.35. The van der Waals surface area contributed by atoms with Crippen LogP contribution in [0.1, 0.15) is 18.4 Å². The average molecular weight is 344 g/mol. The summed E-state index contributed by atoms with van der Waals surface area (Å²) in [6, 6.07) is 5.74. The number of anilines is 1. The van der Waals surface area contributed by atoms with E-state index in [4.69, 9.17) is 0 Å².